The first-order valence-electron chi connectivity index (χ1n) is 6.17. The summed E-state index contributed by atoms with van der Waals surface area (Å²) in [6.45, 7) is -0.644. The number of aliphatic hydroxyl groups is 1. The van der Waals surface area contributed by atoms with Gasteiger partial charge < -0.3 is 5.11 Å². The highest BCUT2D eigenvalue weighted by Crippen LogP contribution is 2.35. The topological polar surface area (TPSA) is 57.6 Å². The van der Waals surface area contributed by atoms with Crippen LogP contribution in [-0.2, 0) is 16.2 Å². The highest BCUT2D eigenvalue weighted by molar-refractivity contribution is 7.89. The quantitative estimate of drug-likeness (QED) is 0.842. The zero-order chi connectivity index (χ0) is 15.8. The number of hydrogen-bond acceptors (Lipinski definition) is 3. The van der Waals surface area contributed by atoms with E-state index in [2.05, 4.69) is 0 Å². The first-order valence-corrected chi connectivity index (χ1v) is 7.61. The van der Waals surface area contributed by atoms with E-state index in [0.29, 0.717) is 18.9 Å². The molecule has 0 radical (unpaired) electrons. The monoisotopic (exact) mass is 327 g/mol. The van der Waals surface area contributed by atoms with Gasteiger partial charge in [-0.3, -0.25) is 0 Å². The molecule has 0 spiro atoms. The Morgan fingerprint density at radius 2 is 1.90 bits per heavy atom. The Hall–Kier alpha value is -1.19. The highest BCUT2D eigenvalue weighted by Gasteiger charge is 2.40. The molecule has 1 saturated carbocycles. The Morgan fingerprint density at radius 3 is 2.38 bits per heavy atom. The minimum Gasteiger partial charge on any atom is -0.395 e. The van der Waals surface area contributed by atoms with Gasteiger partial charge in [0, 0.05) is 12.6 Å². The molecule has 1 aromatic rings. The van der Waals surface area contributed by atoms with Gasteiger partial charge in [-0.2, -0.15) is 17.5 Å². The Kier molecular flexibility index (Phi) is 4.27. The molecule has 1 aliphatic carbocycles. The third-order valence-corrected chi connectivity index (χ3v) is 5.07. The van der Waals surface area contributed by atoms with E-state index >= 15 is 0 Å². The molecular formula is C12H13F4NO3S. The fraction of sp³-hybridized carbons (Fsp3) is 0.500. The summed E-state index contributed by atoms with van der Waals surface area (Å²) < 4.78 is 76.7. The third-order valence-electron chi connectivity index (χ3n) is 3.12. The zero-order valence-corrected chi connectivity index (χ0v) is 11.6. The van der Waals surface area contributed by atoms with E-state index in [1.807, 2.05) is 0 Å². The second-order valence-corrected chi connectivity index (χ2v) is 6.60. The summed E-state index contributed by atoms with van der Waals surface area (Å²) in [7, 11) is -4.19. The van der Waals surface area contributed by atoms with Crippen LogP contribution in [0, 0.1) is 5.82 Å². The number of hydrogen-bond donors (Lipinski definition) is 1. The van der Waals surface area contributed by atoms with Gasteiger partial charge in [0.2, 0.25) is 10.0 Å². The summed E-state index contributed by atoms with van der Waals surface area (Å²) in [5.74, 6) is -1.53. The van der Waals surface area contributed by atoms with Gasteiger partial charge in [-0.1, -0.05) is 0 Å². The first kappa shape index (κ1) is 16.2. The van der Waals surface area contributed by atoms with Crippen LogP contribution in [0.25, 0.3) is 0 Å². The molecule has 21 heavy (non-hydrogen) atoms. The number of benzene rings is 1. The van der Waals surface area contributed by atoms with Crippen LogP contribution >= 0.6 is 0 Å². The van der Waals surface area contributed by atoms with Gasteiger partial charge in [0.15, 0.2) is 0 Å². The lowest BCUT2D eigenvalue weighted by Gasteiger charge is -2.21. The molecule has 0 saturated heterocycles. The average Bonchev–Trinajstić information content (AvgIpc) is 3.18. The summed E-state index contributed by atoms with van der Waals surface area (Å²) >= 11 is 0. The lowest BCUT2D eigenvalue weighted by molar-refractivity contribution is -0.140. The molecule has 0 heterocycles. The normalized spacial score (nSPS) is 16.5. The molecule has 0 bridgehead atoms. The fourth-order valence-corrected chi connectivity index (χ4v) is 3.68. The molecule has 0 atom stereocenters. The molecule has 0 amide bonds. The molecule has 1 aromatic carbocycles. The standard InChI is InChI=1S/C12H13F4NO3S/c13-11-4-3-9(7-10(11)12(14,15)16)21(19,20)17(5-6-18)8-1-2-8/h3-4,7-8,18H,1-2,5-6H2. The Morgan fingerprint density at radius 1 is 1.29 bits per heavy atom. The second-order valence-electron chi connectivity index (χ2n) is 4.71. The maximum Gasteiger partial charge on any atom is 0.419 e. The average molecular weight is 327 g/mol. The maximum absolute atomic E-state index is 13.2. The van der Waals surface area contributed by atoms with Gasteiger partial charge in [-0.05, 0) is 31.0 Å². The van der Waals surface area contributed by atoms with Gasteiger partial charge in [-0.15, -0.1) is 0 Å². The van der Waals surface area contributed by atoms with Crippen LogP contribution in [0.4, 0.5) is 17.6 Å². The minimum atomic E-state index is -4.98. The lowest BCUT2D eigenvalue weighted by Crippen LogP contribution is -2.35. The number of rotatable bonds is 5. The Bertz CT molecular complexity index is 626. The van der Waals surface area contributed by atoms with Crippen molar-refractivity contribution in [1.82, 2.24) is 4.31 Å². The summed E-state index contributed by atoms with van der Waals surface area (Å²) in [5.41, 5.74) is -1.62. The Balaban J connectivity index is 2.45. The summed E-state index contributed by atoms with van der Waals surface area (Å²) in [5, 5.41) is 8.91. The van der Waals surface area contributed by atoms with Crippen molar-refractivity contribution >= 4 is 10.0 Å². The Labute approximate surface area is 119 Å². The molecule has 4 nitrogen and oxygen atoms in total. The smallest absolute Gasteiger partial charge is 0.395 e. The molecule has 0 unspecified atom stereocenters. The van der Waals surface area contributed by atoms with E-state index in [0.717, 1.165) is 10.4 Å². The van der Waals surface area contributed by atoms with Crippen molar-refractivity contribution in [2.24, 2.45) is 0 Å². The summed E-state index contributed by atoms with van der Waals surface area (Å²) in [6, 6.07) is 1.26. The highest BCUT2D eigenvalue weighted by atomic mass is 32.2. The SMILES string of the molecule is O=S(=O)(c1ccc(F)c(C(F)(F)F)c1)N(CCO)C1CC1. The molecule has 1 fully saturated rings. The van der Waals surface area contributed by atoms with Gasteiger partial charge >= 0.3 is 6.18 Å². The minimum absolute atomic E-state index is 0.203. The van der Waals surface area contributed by atoms with Crippen molar-refractivity contribution in [2.45, 2.75) is 30.0 Å². The molecular weight excluding hydrogens is 314 g/mol. The molecule has 2 rings (SSSR count). The van der Waals surface area contributed by atoms with Crippen LogP contribution < -0.4 is 0 Å². The zero-order valence-electron chi connectivity index (χ0n) is 10.8. The molecule has 1 N–H and O–H groups in total. The van der Waals surface area contributed by atoms with Crippen LogP contribution in [0.5, 0.6) is 0 Å². The van der Waals surface area contributed by atoms with E-state index in [9.17, 15) is 26.0 Å². The maximum atomic E-state index is 13.2. The molecule has 0 aromatic heterocycles. The van der Waals surface area contributed by atoms with Crippen molar-refractivity contribution in [3.8, 4) is 0 Å². The van der Waals surface area contributed by atoms with Crippen LogP contribution in [0.3, 0.4) is 0 Å². The van der Waals surface area contributed by atoms with Crippen molar-refractivity contribution in [1.29, 1.82) is 0 Å². The third kappa shape index (κ3) is 3.35. The molecule has 9 heteroatoms. The van der Waals surface area contributed by atoms with Crippen LogP contribution in [-0.4, -0.2) is 37.0 Å². The summed E-state index contributed by atoms with van der Waals surface area (Å²) in [6.07, 6.45) is -3.80. The van der Waals surface area contributed by atoms with Crippen molar-refractivity contribution in [3.05, 3.63) is 29.6 Å². The van der Waals surface area contributed by atoms with E-state index in [4.69, 9.17) is 5.11 Å². The second kappa shape index (κ2) is 5.54. The van der Waals surface area contributed by atoms with Crippen LogP contribution in [0.15, 0.2) is 23.1 Å². The van der Waals surface area contributed by atoms with Gasteiger partial charge in [0.05, 0.1) is 17.1 Å². The van der Waals surface area contributed by atoms with Crippen molar-refractivity contribution in [3.63, 3.8) is 0 Å². The number of halogens is 4. The van der Waals surface area contributed by atoms with Crippen molar-refractivity contribution in [2.75, 3.05) is 13.2 Å². The lowest BCUT2D eigenvalue weighted by atomic mass is 10.2. The van der Waals surface area contributed by atoms with Crippen molar-refractivity contribution < 1.29 is 31.1 Å². The van der Waals surface area contributed by atoms with E-state index in [-0.39, 0.29) is 18.7 Å². The first-order chi connectivity index (χ1) is 9.67. The van der Waals surface area contributed by atoms with Gasteiger partial charge in [0.25, 0.3) is 0 Å². The predicted molar refractivity (Wildman–Crippen MR) is 65.4 cm³/mol. The molecule has 1 aliphatic rings. The fourth-order valence-electron chi connectivity index (χ4n) is 1.98. The van der Waals surface area contributed by atoms with Crippen LogP contribution in [0.1, 0.15) is 18.4 Å². The summed E-state index contributed by atoms with van der Waals surface area (Å²) in [4.78, 5) is -0.628. The van der Waals surface area contributed by atoms with E-state index in [1.165, 1.54) is 0 Å². The van der Waals surface area contributed by atoms with Gasteiger partial charge in [0.1, 0.15) is 5.82 Å². The predicted octanol–water partition coefficient (Wildman–Crippen LogP) is 1.99. The number of sulfonamides is 1. The van der Waals surface area contributed by atoms with Crippen LogP contribution in [0.2, 0.25) is 0 Å². The number of nitrogens with zero attached hydrogens (tertiary/aromatic N) is 1. The number of alkyl halides is 3. The molecule has 0 aliphatic heterocycles. The number of aliphatic hydroxyl groups excluding tert-OH is 1. The largest absolute Gasteiger partial charge is 0.419 e. The van der Waals surface area contributed by atoms with Gasteiger partial charge in [-0.25, -0.2) is 12.8 Å². The van der Waals surface area contributed by atoms with E-state index in [1.54, 1.807) is 0 Å². The van der Waals surface area contributed by atoms with E-state index < -0.39 is 39.1 Å². The molecule has 118 valence electrons.